The van der Waals surface area contributed by atoms with Crippen LogP contribution in [0.15, 0.2) is 0 Å². The summed E-state index contributed by atoms with van der Waals surface area (Å²) in [4.78, 5) is 22.3. The van der Waals surface area contributed by atoms with Gasteiger partial charge in [-0.2, -0.15) is 0 Å². The van der Waals surface area contributed by atoms with E-state index < -0.39 is 12.0 Å². The van der Waals surface area contributed by atoms with Crippen molar-refractivity contribution in [3.05, 3.63) is 0 Å². The fraction of sp³-hybridized carbons (Fsp3) is 0.800. The Kier molecular flexibility index (Phi) is 3.20. The number of hydrogen-bond acceptors (Lipinski definition) is 3. The molecule has 13 heavy (non-hydrogen) atoms. The molecule has 1 rings (SSSR count). The summed E-state index contributed by atoms with van der Waals surface area (Å²) < 4.78 is 0. The first kappa shape index (κ1) is 10.4. The number of Topliss-reactive ketones (excluding diaryl/α,β-unsaturated/α-hetero) is 2. The van der Waals surface area contributed by atoms with Crippen molar-refractivity contribution < 1.29 is 14.7 Å². The number of carbonyl (C=O) groups is 2. The summed E-state index contributed by atoms with van der Waals surface area (Å²) in [6.07, 6.45) is 0.977. The SMILES string of the molecule is CC(=O)[C@H](O)[C@@H]1C[C@@H](C)CCC1=O. The maximum absolute atomic E-state index is 11.4. The van der Waals surface area contributed by atoms with Crippen molar-refractivity contribution in [3.63, 3.8) is 0 Å². The molecule has 1 fully saturated rings. The van der Waals surface area contributed by atoms with E-state index in [9.17, 15) is 14.7 Å². The number of carbonyl (C=O) groups excluding carboxylic acids is 2. The van der Waals surface area contributed by atoms with Crippen LogP contribution in [-0.4, -0.2) is 22.8 Å². The van der Waals surface area contributed by atoms with Gasteiger partial charge in [0, 0.05) is 6.42 Å². The molecule has 1 aliphatic rings. The molecule has 1 aliphatic carbocycles. The normalized spacial score (nSPS) is 31.5. The zero-order chi connectivity index (χ0) is 10.0. The Hall–Kier alpha value is -0.700. The molecule has 0 aromatic rings. The van der Waals surface area contributed by atoms with Crippen LogP contribution in [0.4, 0.5) is 0 Å². The lowest BCUT2D eigenvalue weighted by molar-refractivity contribution is -0.138. The number of aliphatic hydroxyl groups is 1. The van der Waals surface area contributed by atoms with Crippen LogP contribution in [0.3, 0.4) is 0 Å². The first-order valence-corrected chi connectivity index (χ1v) is 4.73. The van der Waals surface area contributed by atoms with Crippen molar-refractivity contribution in [1.82, 2.24) is 0 Å². The highest BCUT2D eigenvalue weighted by Crippen LogP contribution is 2.28. The Morgan fingerprint density at radius 2 is 2.23 bits per heavy atom. The summed E-state index contributed by atoms with van der Waals surface area (Å²) >= 11 is 0. The maximum Gasteiger partial charge on any atom is 0.158 e. The minimum absolute atomic E-state index is 0.0424. The second-order valence-electron chi connectivity index (χ2n) is 4.01. The minimum Gasteiger partial charge on any atom is -0.385 e. The van der Waals surface area contributed by atoms with Crippen LogP contribution >= 0.6 is 0 Å². The molecule has 0 saturated heterocycles. The van der Waals surface area contributed by atoms with Gasteiger partial charge < -0.3 is 5.11 Å². The molecule has 3 heteroatoms. The van der Waals surface area contributed by atoms with Crippen molar-refractivity contribution in [2.45, 2.75) is 39.2 Å². The van der Waals surface area contributed by atoms with Crippen LogP contribution in [-0.2, 0) is 9.59 Å². The lowest BCUT2D eigenvalue weighted by Gasteiger charge is -2.27. The van der Waals surface area contributed by atoms with Crippen LogP contribution in [0.1, 0.15) is 33.1 Å². The van der Waals surface area contributed by atoms with Crippen LogP contribution in [0.25, 0.3) is 0 Å². The van der Waals surface area contributed by atoms with Gasteiger partial charge in [-0.3, -0.25) is 9.59 Å². The van der Waals surface area contributed by atoms with E-state index >= 15 is 0 Å². The number of aliphatic hydroxyl groups excluding tert-OH is 1. The molecule has 3 nitrogen and oxygen atoms in total. The van der Waals surface area contributed by atoms with Crippen LogP contribution < -0.4 is 0 Å². The van der Waals surface area contributed by atoms with Crippen molar-refractivity contribution in [2.24, 2.45) is 11.8 Å². The first-order chi connectivity index (χ1) is 6.02. The number of ketones is 2. The van der Waals surface area contributed by atoms with Crippen molar-refractivity contribution in [3.8, 4) is 0 Å². The average Bonchev–Trinajstić information content (AvgIpc) is 2.08. The molecule has 0 bridgehead atoms. The lowest BCUT2D eigenvalue weighted by atomic mass is 9.78. The Morgan fingerprint density at radius 3 is 2.77 bits per heavy atom. The van der Waals surface area contributed by atoms with Crippen molar-refractivity contribution in [2.75, 3.05) is 0 Å². The molecule has 0 radical (unpaired) electrons. The van der Waals surface area contributed by atoms with Crippen molar-refractivity contribution in [1.29, 1.82) is 0 Å². The van der Waals surface area contributed by atoms with Gasteiger partial charge in [0.05, 0.1) is 5.92 Å². The molecule has 0 heterocycles. The van der Waals surface area contributed by atoms with E-state index in [4.69, 9.17) is 0 Å². The van der Waals surface area contributed by atoms with Gasteiger partial charge in [0.15, 0.2) is 5.78 Å². The summed E-state index contributed by atoms with van der Waals surface area (Å²) in [7, 11) is 0. The van der Waals surface area contributed by atoms with E-state index in [0.717, 1.165) is 6.42 Å². The Bertz CT molecular complexity index is 222. The maximum atomic E-state index is 11.4. The third-order valence-electron chi connectivity index (χ3n) is 2.75. The van der Waals surface area contributed by atoms with Gasteiger partial charge in [0.2, 0.25) is 0 Å². The topological polar surface area (TPSA) is 54.4 Å². The fourth-order valence-corrected chi connectivity index (χ4v) is 1.85. The Balaban J connectivity index is 2.65. The standard InChI is InChI=1S/C10H16O3/c1-6-3-4-9(12)8(5-6)10(13)7(2)11/h6,8,10,13H,3-5H2,1-2H3/t6-,8+,10-/m0/s1. The molecule has 3 atom stereocenters. The van der Waals surface area contributed by atoms with Gasteiger partial charge in [0.25, 0.3) is 0 Å². The second-order valence-corrected chi connectivity index (χ2v) is 4.01. The highest BCUT2D eigenvalue weighted by molar-refractivity contribution is 5.90. The van der Waals surface area contributed by atoms with Crippen LogP contribution in [0, 0.1) is 11.8 Å². The van der Waals surface area contributed by atoms with Gasteiger partial charge in [-0.25, -0.2) is 0 Å². The predicted molar refractivity (Wildman–Crippen MR) is 48.2 cm³/mol. The Labute approximate surface area is 78.1 Å². The van der Waals surface area contributed by atoms with Crippen molar-refractivity contribution >= 4 is 11.6 Å². The third kappa shape index (κ3) is 2.37. The van der Waals surface area contributed by atoms with Gasteiger partial charge >= 0.3 is 0 Å². The molecule has 74 valence electrons. The molecule has 1 N–H and O–H groups in total. The predicted octanol–water partition coefficient (Wildman–Crippen LogP) is 0.942. The van der Waals surface area contributed by atoms with E-state index in [1.807, 2.05) is 6.92 Å². The number of hydrogen-bond donors (Lipinski definition) is 1. The molecular weight excluding hydrogens is 168 g/mol. The molecule has 1 saturated carbocycles. The molecule has 0 aromatic heterocycles. The molecular formula is C10H16O3. The van der Waals surface area contributed by atoms with E-state index in [0.29, 0.717) is 18.8 Å². The highest BCUT2D eigenvalue weighted by atomic mass is 16.3. The third-order valence-corrected chi connectivity index (χ3v) is 2.75. The summed E-state index contributed by atoms with van der Waals surface area (Å²) in [5, 5.41) is 9.47. The summed E-state index contributed by atoms with van der Waals surface area (Å²) in [6.45, 7) is 3.38. The zero-order valence-electron chi connectivity index (χ0n) is 8.12. The smallest absolute Gasteiger partial charge is 0.158 e. The van der Waals surface area contributed by atoms with Crippen LogP contribution in [0.5, 0.6) is 0 Å². The monoisotopic (exact) mass is 184 g/mol. The van der Waals surface area contributed by atoms with E-state index in [1.54, 1.807) is 0 Å². The second kappa shape index (κ2) is 4.01. The average molecular weight is 184 g/mol. The van der Waals surface area contributed by atoms with Crippen LogP contribution in [0.2, 0.25) is 0 Å². The van der Waals surface area contributed by atoms with E-state index in [-0.39, 0.29) is 11.6 Å². The fourth-order valence-electron chi connectivity index (χ4n) is 1.85. The lowest BCUT2D eigenvalue weighted by Crippen LogP contribution is -2.37. The summed E-state index contributed by atoms with van der Waals surface area (Å²) in [5.41, 5.74) is 0. The van der Waals surface area contributed by atoms with Gasteiger partial charge in [-0.05, 0) is 25.7 Å². The largest absolute Gasteiger partial charge is 0.385 e. The van der Waals surface area contributed by atoms with Gasteiger partial charge in [-0.1, -0.05) is 6.92 Å². The molecule has 0 aromatic carbocycles. The highest BCUT2D eigenvalue weighted by Gasteiger charge is 2.33. The minimum atomic E-state index is -1.07. The van der Waals surface area contributed by atoms with Gasteiger partial charge in [-0.15, -0.1) is 0 Å². The quantitative estimate of drug-likeness (QED) is 0.695. The number of rotatable bonds is 2. The first-order valence-electron chi connectivity index (χ1n) is 4.73. The molecule has 0 amide bonds. The molecule has 0 unspecified atom stereocenters. The molecule has 0 aliphatic heterocycles. The zero-order valence-corrected chi connectivity index (χ0v) is 8.12. The Morgan fingerprint density at radius 1 is 1.62 bits per heavy atom. The molecule has 0 spiro atoms. The van der Waals surface area contributed by atoms with Gasteiger partial charge in [0.1, 0.15) is 11.9 Å². The summed E-state index contributed by atoms with van der Waals surface area (Å²) in [6, 6.07) is 0. The van der Waals surface area contributed by atoms with E-state index in [1.165, 1.54) is 6.92 Å². The summed E-state index contributed by atoms with van der Waals surface area (Å²) in [5.74, 6) is -0.258. The van der Waals surface area contributed by atoms with E-state index in [2.05, 4.69) is 0 Å².